The van der Waals surface area contributed by atoms with E-state index in [1.807, 2.05) is 43.3 Å². The number of anilines is 1. The summed E-state index contributed by atoms with van der Waals surface area (Å²) in [6.07, 6.45) is 1.50. The van der Waals surface area contributed by atoms with E-state index in [4.69, 9.17) is 0 Å². The van der Waals surface area contributed by atoms with Crippen LogP contribution in [-0.2, 0) is 0 Å². The molecular weight excluding hydrogens is 228 g/mol. The summed E-state index contributed by atoms with van der Waals surface area (Å²) in [5.74, 6) is 0.384. The van der Waals surface area contributed by atoms with Gasteiger partial charge in [-0.2, -0.15) is 0 Å². The third-order valence-corrected chi connectivity index (χ3v) is 2.45. The van der Waals surface area contributed by atoms with Crippen LogP contribution in [-0.4, -0.2) is 19.3 Å². The second-order valence-electron chi connectivity index (χ2n) is 4.01. The molecule has 1 N–H and O–H groups in total. The van der Waals surface area contributed by atoms with Crippen molar-refractivity contribution in [1.82, 2.24) is 0 Å². The first-order chi connectivity index (χ1) is 8.66. The lowest BCUT2D eigenvalue weighted by Crippen LogP contribution is -2.28. The molecule has 1 aromatic carbocycles. The van der Waals surface area contributed by atoms with Gasteiger partial charge in [-0.1, -0.05) is 0 Å². The van der Waals surface area contributed by atoms with E-state index in [1.165, 1.54) is 6.20 Å². The fourth-order valence-electron chi connectivity index (χ4n) is 1.43. The third kappa shape index (κ3) is 2.82. The Balaban J connectivity index is 2.17. The van der Waals surface area contributed by atoms with Crippen molar-refractivity contribution in [3.8, 4) is 0 Å². The largest absolute Gasteiger partial charge is 0.388 e. The van der Waals surface area contributed by atoms with Crippen LogP contribution in [0.3, 0.4) is 0 Å². The van der Waals surface area contributed by atoms with Gasteiger partial charge in [0.15, 0.2) is 0 Å². The maximum atomic E-state index is 9.46. The highest BCUT2D eigenvalue weighted by atomic mass is 16.5. The number of hydrogen-bond donors (Lipinski definition) is 1. The summed E-state index contributed by atoms with van der Waals surface area (Å²) in [4.78, 5) is 2.01. The molecule has 0 aliphatic heterocycles. The average molecular weight is 243 g/mol. The molecule has 2 aromatic rings. The SMILES string of the molecule is CN(C)c1ccc(N=Nc2cccc[n+]2O)cc1. The predicted molar refractivity (Wildman–Crippen MR) is 68.8 cm³/mol. The zero-order valence-electron chi connectivity index (χ0n) is 10.4. The van der Waals surface area contributed by atoms with Crippen molar-refractivity contribution < 1.29 is 9.94 Å². The second kappa shape index (κ2) is 5.27. The van der Waals surface area contributed by atoms with Gasteiger partial charge in [0.1, 0.15) is 11.9 Å². The molecular formula is C13H15N4O+. The van der Waals surface area contributed by atoms with Crippen LogP contribution in [0.25, 0.3) is 0 Å². The Hall–Kier alpha value is -2.43. The standard InChI is InChI=1S/C13H15N4O/c1-16(2)12-8-6-11(7-9-12)14-15-13-5-3-4-10-17(13)18/h3-10,18H,1-2H3/q+1. The van der Waals surface area contributed by atoms with Crippen molar-refractivity contribution >= 4 is 17.2 Å². The minimum Gasteiger partial charge on any atom is -0.378 e. The lowest BCUT2D eigenvalue weighted by atomic mass is 10.3. The minimum absolute atomic E-state index is 0.384. The lowest BCUT2D eigenvalue weighted by molar-refractivity contribution is -0.894. The van der Waals surface area contributed by atoms with Crippen LogP contribution in [0.1, 0.15) is 0 Å². The van der Waals surface area contributed by atoms with Crippen LogP contribution in [0.15, 0.2) is 58.9 Å². The van der Waals surface area contributed by atoms with Gasteiger partial charge < -0.3 is 10.1 Å². The van der Waals surface area contributed by atoms with Crippen LogP contribution >= 0.6 is 0 Å². The molecule has 0 fully saturated rings. The first-order valence-electron chi connectivity index (χ1n) is 5.56. The van der Waals surface area contributed by atoms with Gasteiger partial charge in [-0.05, 0) is 46.2 Å². The Kier molecular flexibility index (Phi) is 3.52. The molecule has 5 nitrogen and oxygen atoms in total. The Bertz CT molecular complexity index is 549. The van der Waals surface area contributed by atoms with Crippen molar-refractivity contribution in [2.45, 2.75) is 0 Å². The number of benzene rings is 1. The molecule has 2 rings (SSSR count). The molecule has 0 unspecified atom stereocenters. The molecule has 0 radical (unpaired) electrons. The summed E-state index contributed by atoms with van der Waals surface area (Å²) in [6, 6.07) is 12.9. The quantitative estimate of drug-likeness (QED) is 0.512. The fourth-order valence-corrected chi connectivity index (χ4v) is 1.43. The molecule has 5 heteroatoms. The van der Waals surface area contributed by atoms with Gasteiger partial charge >= 0.3 is 5.82 Å². The van der Waals surface area contributed by atoms with Crippen molar-refractivity contribution in [1.29, 1.82) is 0 Å². The molecule has 0 saturated carbocycles. The lowest BCUT2D eigenvalue weighted by Gasteiger charge is -2.11. The molecule has 0 saturated heterocycles. The van der Waals surface area contributed by atoms with Gasteiger partial charge in [-0.15, -0.1) is 0 Å². The summed E-state index contributed by atoms with van der Waals surface area (Å²) in [6.45, 7) is 0. The van der Waals surface area contributed by atoms with Crippen LogP contribution < -0.4 is 9.63 Å². The maximum absolute atomic E-state index is 9.46. The summed E-state index contributed by atoms with van der Waals surface area (Å²) in [7, 11) is 3.96. The minimum atomic E-state index is 0.384. The summed E-state index contributed by atoms with van der Waals surface area (Å²) in [5, 5.41) is 17.5. The second-order valence-corrected chi connectivity index (χ2v) is 4.01. The van der Waals surface area contributed by atoms with Crippen LogP contribution in [0.5, 0.6) is 0 Å². The third-order valence-electron chi connectivity index (χ3n) is 2.45. The molecule has 92 valence electrons. The van der Waals surface area contributed by atoms with Crippen LogP contribution in [0.4, 0.5) is 17.2 Å². The van der Waals surface area contributed by atoms with E-state index in [0.717, 1.165) is 16.1 Å². The number of rotatable bonds is 3. The van der Waals surface area contributed by atoms with Crippen molar-refractivity contribution in [3.05, 3.63) is 48.7 Å². The highest BCUT2D eigenvalue weighted by molar-refractivity contribution is 5.51. The average Bonchev–Trinajstić information content (AvgIpc) is 2.38. The smallest absolute Gasteiger partial charge is 0.378 e. The molecule has 0 spiro atoms. The Morgan fingerprint density at radius 1 is 1.00 bits per heavy atom. The van der Waals surface area contributed by atoms with Crippen LogP contribution in [0.2, 0.25) is 0 Å². The monoisotopic (exact) mass is 243 g/mol. The van der Waals surface area contributed by atoms with E-state index in [9.17, 15) is 5.21 Å². The molecule has 0 amide bonds. The Morgan fingerprint density at radius 2 is 1.72 bits per heavy atom. The molecule has 0 aliphatic rings. The number of azo groups is 1. The number of nitrogens with zero attached hydrogens (tertiary/aromatic N) is 4. The number of pyridine rings is 1. The molecule has 1 heterocycles. The Morgan fingerprint density at radius 3 is 2.33 bits per heavy atom. The summed E-state index contributed by atoms with van der Waals surface area (Å²) < 4.78 is 0.928. The highest BCUT2D eigenvalue weighted by Crippen LogP contribution is 2.19. The Labute approximate surface area is 106 Å². The van der Waals surface area contributed by atoms with Gasteiger partial charge in [0.05, 0.1) is 5.11 Å². The van der Waals surface area contributed by atoms with Gasteiger partial charge in [-0.3, -0.25) is 0 Å². The highest BCUT2D eigenvalue weighted by Gasteiger charge is 2.06. The fraction of sp³-hybridized carbons (Fsp3) is 0.154. The van der Waals surface area contributed by atoms with E-state index in [1.54, 1.807) is 18.2 Å². The summed E-state index contributed by atoms with van der Waals surface area (Å²) >= 11 is 0. The van der Waals surface area contributed by atoms with Crippen molar-refractivity contribution in [2.75, 3.05) is 19.0 Å². The van der Waals surface area contributed by atoms with E-state index < -0.39 is 0 Å². The zero-order chi connectivity index (χ0) is 13.0. The van der Waals surface area contributed by atoms with Gasteiger partial charge in [0.2, 0.25) is 0 Å². The van der Waals surface area contributed by atoms with Gasteiger partial charge in [0, 0.05) is 25.8 Å². The number of hydrogen-bond acceptors (Lipinski definition) is 4. The first-order valence-corrected chi connectivity index (χ1v) is 5.56. The molecule has 1 aromatic heterocycles. The van der Waals surface area contributed by atoms with E-state index >= 15 is 0 Å². The zero-order valence-corrected chi connectivity index (χ0v) is 10.4. The van der Waals surface area contributed by atoms with E-state index in [0.29, 0.717) is 5.82 Å². The van der Waals surface area contributed by atoms with Crippen molar-refractivity contribution in [2.24, 2.45) is 10.2 Å². The molecule has 0 aliphatic carbocycles. The molecule has 0 bridgehead atoms. The maximum Gasteiger partial charge on any atom is 0.388 e. The first kappa shape index (κ1) is 12.0. The van der Waals surface area contributed by atoms with Crippen LogP contribution in [0, 0.1) is 0 Å². The van der Waals surface area contributed by atoms with Gasteiger partial charge in [0.25, 0.3) is 0 Å². The topological polar surface area (TPSA) is 52.1 Å². The molecule has 18 heavy (non-hydrogen) atoms. The summed E-state index contributed by atoms with van der Waals surface area (Å²) in [5.41, 5.74) is 1.84. The number of aromatic nitrogens is 1. The molecule has 0 atom stereocenters. The van der Waals surface area contributed by atoms with E-state index in [2.05, 4.69) is 10.2 Å². The van der Waals surface area contributed by atoms with Crippen molar-refractivity contribution in [3.63, 3.8) is 0 Å². The normalized spacial score (nSPS) is 10.8. The predicted octanol–water partition coefficient (Wildman–Crippen LogP) is 2.69. The van der Waals surface area contributed by atoms with Gasteiger partial charge in [-0.25, -0.2) is 0 Å². The van der Waals surface area contributed by atoms with E-state index in [-0.39, 0.29) is 0 Å².